The number of ether oxygens (including phenoxy) is 5. The molecule has 0 aliphatic heterocycles. The van der Waals surface area contributed by atoms with Crippen LogP contribution >= 0.6 is 11.8 Å². The fourth-order valence-corrected chi connectivity index (χ4v) is 5.36. The fourth-order valence-electron chi connectivity index (χ4n) is 4.93. The van der Waals surface area contributed by atoms with Gasteiger partial charge in [-0.2, -0.15) is 11.8 Å². The molecule has 0 fully saturated rings. The average molecular weight is 813 g/mol. The highest BCUT2D eigenvalue weighted by Gasteiger charge is 2.25. The highest BCUT2D eigenvalue weighted by Crippen LogP contribution is 2.15. The minimum atomic E-state index is -1.15. The molecule has 0 spiro atoms. The van der Waals surface area contributed by atoms with E-state index in [0.717, 1.165) is 5.75 Å². The molecule has 0 saturated heterocycles. The van der Waals surface area contributed by atoms with Gasteiger partial charge in [0.1, 0.15) is 30.8 Å². The van der Waals surface area contributed by atoms with Crippen LogP contribution in [0, 0.1) is 5.92 Å². The second kappa shape index (κ2) is 32.4. The number of benzene rings is 1. The Morgan fingerprint density at radius 1 is 0.768 bits per heavy atom. The molecule has 1 radical (unpaired) electrons. The summed E-state index contributed by atoms with van der Waals surface area (Å²) in [5.41, 5.74) is 14.3. The number of thioether (sulfide) groups is 1. The molecule has 0 aliphatic carbocycles. The van der Waals surface area contributed by atoms with E-state index in [0.29, 0.717) is 90.2 Å². The first-order chi connectivity index (χ1) is 26.9. The van der Waals surface area contributed by atoms with Crippen LogP contribution in [-0.4, -0.2) is 144 Å². The van der Waals surface area contributed by atoms with Crippen molar-refractivity contribution in [2.45, 2.75) is 70.4 Å². The first-order valence-corrected chi connectivity index (χ1v) is 20.4. The third-order valence-corrected chi connectivity index (χ3v) is 8.78. The zero-order valence-corrected chi connectivity index (χ0v) is 33.6. The molecule has 1 aromatic carbocycles. The van der Waals surface area contributed by atoms with Crippen molar-refractivity contribution in [3.8, 4) is 5.75 Å². The smallest absolute Gasteiger partial charge is 0.246 e. The number of rotatable bonds is 36. The molecule has 0 saturated carbocycles. The van der Waals surface area contributed by atoms with Crippen LogP contribution in [0.5, 0.6) is 5.75 Å². The first-order valence-electron chi connectivity index (χ1n) is 19.0. The van der Waals surface area contributed by atoms with E-state index in [4.69, 9.17) is 35.2 Å². The Kier molecular flexibility index (Phi) is 29.2. The number of phenols is 1. The Morgan fingerprint density at radius 2 is 1.34 bits per heavy atom. The van der Waals surface area contributed by atoms with Crippen molar-refractivity contribution in [3.05, 3.63) is 29.8 Å². The molecule has 317 valence electrons. The molecule has 17 nitrogen and oxygen atoms in total. The summed E-state index contributed by atoms with van der Waals surface area (Å²) in [6.07, 6.45) is 5.14. The molecule has 18 heteroatoms. The number of unbranched alkanes of at least 4 members (excludes halogenated alkanes) is 1. The lowest BCUT2D eigenvalue weighted by Gasteiger charge is -2.19. The Labute approximate surface area is 334 Å². The van der Waals surface area contributed by atoms with Crippen LogP contribution in [0.4, 0.5) is 0 Å². The summed E-state index contributed by atoms with van der Waals surface area (Å²) in [6.45, 7) is 4.50. The van der Waals surface area contributed by atoms with Gasteiger partial charge in [0.05, 0.1) is 52.3 Å². The third kappa shape index (κ3) is 27.0. The van der Waals surface area contributed by atoms with Gasteiger partial charge >= 0.3 is 0 Å². The van der Waals surface area contributed by atoms with E-state index in [2.05, 4.69) is 16.0 Å². The molecule has 56 heavy (non-hydrogen) atoms. The van der Waals surface area contributed by atoms with Crippen molar-refractivity contribution in [2.75, 3.05) is 91.2 Å². The maximum atomic E-state index is 12.7. The molecule has 0 aliphatic rings. The van der Waals surface area contributed by atoms with Crippen molar-refractivity contribution in [3.63, 3.8) is 0 Å². The van der Waals surface area contributed by atoms with Crippen molar-refractivity contribution in [1.29, 1.82) is 0 Å². The van der Waals surface area contributed by atoms with E-state index in [-0.39, 0.29) is 75.0 Å². The Hall–Kier alpha value is -3.65. The number of nitrogens with one attached hydrogen (secondary N) is 4. The van der Waals surface area contributed by atoms with Crippen molar-refractivity contribution in [1.82, 2.24) is 21.7 Å². The molecule has 4 amide bonds. The number of aromatic hydroxyl groups is 1. The quantitative estimate of drug-likeness (QED) is 0.0587. The molecule has 7 N–H and O–H groups in total. The predicted octanol–water partition coefficient (Wildman–Crippen LogP) is 0.740. The topological polar surface area (TPSA) is 255 Å². The van der Waals surface area contributed by atoms with Gasteiger partial charge in [-0.1, -0.05) is 18.6 Å². The first kappa shape index (κ1) is 50.4. The molecule has 3 atom stereocenters. The lowest BCUT2D eigenvalue weighted by molar-refractivity contribution is -0.130. The van der Waals surface area contributed by atoms with Gasteiger partial charge < -0.3 is 50.5 Å². The van der Waals surface area contributed by atoms with E-state index in [1.807, 2.05) is 6.26 Å². The second-order valence-corrected chi connectivity index (χ2v) is 13.9. The van der Waals surface area contributed by atoms with Gasteiger partial charge in [-0.25, -0.2) is 5.73 Å². The average Bonchev–Trinajstić information content (AvgIpc) is 3.17. The summed E-state index contributed by atoms with van der Waals surface area (Å²) in [7, 11) is 0. The molecule has 0 bridgehead atoms. The number of ketones is 2. The van der Waals surface area contributed by atoms with Crippen LogP contribution in [0.3, 0.4) is 0 Å². The summed E-state index contributed by atoms with van der Waals surface area (Å²) < 4.78 is 26.8. The van der Waals surface area contributed by atoms with E-state index >= 15 is 0 Å². The minimum absolute atomic E-state index is 0.0797. The zero-order chi connectivity index (χ0) is 41.4. The SMILES string of the molecule is CSCCC(=O)CCCOCCOCC(=O)NCCOCCOCCOCC(=O)NCCCC[C@H](CC(=O)C(C)NC(=O)[C@@H]([NH])Cc1ccc(O)cc1)C(N)=O. The zero-order valence-electron chi connectivity index (χ0n) is 32.8. The number of phenolic OH excluding ortho intramolecular Hbond substituents is 1. The highest BCUT2D eigenvalue weighted by atomic mass is 32.2. The van der Waals surface area contributed by atoms with E-state index in [1.165, 1.54) is 19.1 Å². The van der Waals surface area contributed by atoms with Crippen LogP contribution in [-0.2, 0) is 58.9 Å². The Morgan fingerprint density at radius 3 is 1.95 bits per heavy atom. The fraction of sp³-hybridized carbons (Fsp3) is 0.684. The van der Waals surface area contributed by atoms with Crippen LogP contribution < -0.4 is 27.4 Å². The van der Waals surface area contributed by atoms with Crippen LogP contribution in [0.25, 0.3) is 0 Å². The van der Waals surface area contributed by atoms with E-state index < -0.39 is 29.8 Å². The number of Topliss-reactive ketones (excluding diaryl/α,β-unsaturated/α-hetero) is 2. The second-order valence-electron chi connectivity index (χ2n) is 12.9. The minimum Gasteiger partial charge on any atom is -0.508 e. The standard InChI is InChI=1S/C38H62N5O12S/c1-28(43-38(50)33(39)24-29-8-10-32(45)11-9-29)34(46)25-30(37(40)49)6-3-4-13-41-35(47)26-55-22-20-53-18-17-52-16-14-42-36(48)27-54-21-19-51-15-5-7-31(44)12-23-56-2/h8-11,28,30,33,39,45H,3-7,12-27H2,1-2H3,(H2,40,49)(H,41,47)(H,42,48)(H,43,50)/t28?,30-,33+/m1/s1. The van der Waals surface area contributed by atoms with Gasteiger partial charge in [0.15, 0.2) is 5.78 Å². The maximum absolute atomic E-state index is 12.7. The van der Waals surface area contributed by atoms with Gasteiger partial charge in [0.2, 0.25) is 23.6 Å². The number of hydrogen-bond acceptors (Lipinski definition) is 13. The predicted molar refractivity (Wildman–Crippen MR) is 210 cm³/mol. The van der Waals surface area contributed by atoms with E-state index in [1.54, 1.807) is 23.9 Å². The summed E-state index contributed by atoms with van der Waals surface area (Å²) in [4.78, 5) is 72.5. The van der Waals surface area contributed by atoms with Crippen LogP contribution in [0.1, 0.15) is 57.4 Å². The number of amides is 4. The van der Waals surface area contributed by atoms with Crippen molar-refractivity contribution < 1.29 is 57.6 Å². The number of carbonyl (C=O) groups excluding carboxylic acids is 6. The Bertz CT molecular complexity index is 1290. The number of carbonyl (C=O) groups is 6. The number of hydrogen-bond donors (Lipinski definition) is 5. The van der Waals surface area contributed by atoms with Crippen LogP contribution in [0.15, 0.2) is 24.3 Å². The summed E-state index contributed by atoms with van der Waals surface area (Å²) in [5, 5.41) is 17.3. The third-order valence-electron chi connectivity index (χ3n) is 8.17. The normalized spacial score (nSPS) is 12.7. The summed E-state index contributed by atoms with van der Waals surface area (Å²) in [5.74, 6) is -1.74. The lowest BCUT2D eigenvalue weighted by atomic mass is 9.93. The monoisotopic (exact) mass is 812 g/mol. The van der Waals surface area contributed by atoms with Gasteiger partial charge in [-0.15, -0.1) is 0 Å². The largest absolute Gasteiger partial charge is 0.508 e. The molecule has 1 unspecified atom stereocenters. The van der Waals surface area contributed by atoms with Gasteiger partial charge in [0.25, 0.3) is 0 Å². The highest BCUT2D eigenvalue weighted by molar-refractivity contribution is 7.98. The van der Waals surface area contributed by atoms with E-state index in [9.17, 15) is 33.9 Å². The number of primary amides is 1. The van der Waals surface area contributed by atoms with Crippen LogP contribution in [0.2, 0.25) is 0 Å². The summed E-state index contributed by atoms with van der Waals surface area (Å²) in [6, 6.07) is 4.11. The molecule has 0 heterocycles. The van der Waals surface area contributed by atoms with Gasteiger partial charge in [0, 0.05) is 44.9 Å². The van der Waals surface area contributed by atoms with Gasteiger partial charge in [-0.05, 0) is 62.3 Å². The maximum Gasteiger partial charge on any atom is 0.246 e. The molecule has 0 aromatic heterocycles. The van der Waals surface area contributed by atoms with Crippen molar-refractivity contribution >= 4 is 47.0 Å². The van der Waals surface area contributed by atoms with Gasteiger partial charge in [-0.3, -0.25) is 28.8 Å². The molecular weight excluding hydrogens is 751 g/mol. The summed E-state index contributed by atoms with van der Waals surface area (Å²) >= 11 is 1.66. The molecular formula is C38H62N5O12S. The van der Waals surface area contributed by atoms with Crippen molar-refractivity contribution in [2.24, 2.45) is 11.7 Å². The lowest BCUT2D eigenvalue weighted by Crippen LogP contribution is -2.45. The molecule has 1 aromatic rings. The number of nitrogens with two attached hydrogens (primary N) is 1. The Balaban J connectivity index is 1.99. The molecule has 1 rings (SSSR count).